The fraction of sp³-hybridized carbons (Fsp3) is 0.300. The molecule has 0 spiro atoms. The molecule has 1 heterocycles. The maximum atomic E-state index is 12.5. The summed E-state index contributed by atoms with van der Waals surface area (Å²) >= 11 is 0. The molecule has 8 heteroatoms. The van der Waals surface area contributed by atoms with Crippen molar-refractivity contribution in [3.8, 4) is 0 Å². The van der Waals surface area contributed by atoms with Crippen LogP contribution in [-0.2, 0) is 14.6 Å². The topological polar surface area (TPSA) is 88.0 Å². The summed E-state index contributed by atoms with van der Waals surface area (Å²) in [5, 5.41) is 2.76. The number of nitrogens with zero attached hydrogens (tertiary/aromatic N) is 1. The van der Waals surface area contributed by atoms with Crippen molar-refractivity contribution in [1.29, 1.82) is 0 Å². The van der Waals surface area contributed by atoms with Crippen LogP contribution < -0.4 is 10.2 Å². The Morgan fingerprint density at radius 1 is 1.04 bits per heavy atom. The Bertz CT molecular complexity index is 952. The first kappa shape index (κ1) is 20.0. The molecular formula is C20H24N3O4S+. The highest BCUT2D eigenvalue weighted by Crippen LogP contribution is 2.15. The van der Waals surface area contributed by atoms with Crippen molar-refractivity contribution >= 4 is 27.3 Å². The predicted molar refractivity (Wildman–Crippen MR) is 106 cm³/mol. The van der Waals surface area contributed by atoms with E-state index in [4.69, 9.17) is 0 Å². The Balaban J connectivity index is 1.51. The largest absolute Gasteiger partial charge is 0.327 e. The zero-order chi connectivity index (χ0) is 20.1. The minimum atomic E-state index is -3.32. The molecule has 1 aliphatic heterocycles. The molecule has 7 nitrogen and oxygen atoms in total. The maximum absolute atomic E-state index is 12.5. The van der Waals surface area contributed by atoms with E-state index < -0.39 is 9.84 Å². The van der Waals surface area contributed by atoms with Crippen molar-refractivity contribution in [2.75, 3.05) is 44.3 Å². The van der Waals surface area contributed by atoms with Gasteiger partial charge in [-0.3, -0.25) is 9.59 Å². The average molecular weight is 402 g/mol. The normalized spacial score (nSPS) is 15.2. The summed E-state index contributed by atoms with van der Waals surface area (Å²) in [6, 6.07) is 15.4. The lowest BCUT2D eigenvalue weighted by molar-refractivity contribution is -0.895. The number of hydrogen-bond acceptors (Lipinski definition) is 4. The summed E-state index contributed by atoms with van der Waals surface area (Å²) in [5.74, 6) is -0.162. The Morgan fingerprint density at radius 2 is 1.71 bits per heavy atom. The number of anilines is 1. The van der Waals surface area contributed by atoms with Crippen LogP contribution in [-0.4, -0.2) is 64.1 Å². The average Bonchev–Trinajstić information content (AvgIpc) is 2.68. The summed E-state index contributed by atoms with van der Waals surface area (Å²) < 4.78 is 23.3. The lowest BCUT2D eigenvalue weighted by Crippen LogP contribution is -3.15. The molecule has 0 radical (unpaired) electrons. The molecule has 2 aromatic rings. The Morgan fingerprint density at radius 3 is 2.36 bits per heavy atom. The van der Waals surface area contributed by atoms with Crippen molar-refractivity contribution in [3.05, 3.63) is 60.2 Å². The van der Waals surface area contributed by atoms with Gasteiger partial charge in [0.05, 0.1) is 31.1 Å². The lowest BCUT2D eigenvalue weighted by atomic mass is 10.2. The third kappa shape index (κ3) is 5.17. The van der Waals surface area contributed by atoms with E-state index in [2.05, 4.69) is 5.32 Å². The second kappa shape index (κ2) is 8.53. The van der Waals surface area contributed by atoms with Crippen LogP contribution in [0.5, 0.6) is 0 Å². The monoisotopic (exact) mass is 402 g/mol. The summed E-state index contributed by atoms with van der Waals surface area (Å²) in [5.41, 5.74) is 1.14. The standard InChI is InChI=1S/C20H23N3O4S/c1-28(26,27)18-9-5-8-17(14-18)21-19(24)15-22-10-12-23(13-11-22)20(25)16-6-3-2-4-7-16/h2-9,14H,10-13,15H2,1H3,(H,21,24)/p+1. The number of carbonyl (C=O) groups excluding carboxylic acids is 2. The maximum Gasteiger partial charge on any atom is 0.279 e. The van der Waals surface area contributed by atoms with Crippen molar-refractivity contribution in [2.24, 2.45) is 0 Å². The van der Waals surface area contributed by atoms with Gasteiger partial charge >= 0.3 is 0 Å². The van der Waals surface area contributed by atoms with Crippen LogP contribution in [0.3, 0.4) is 0 Å². The van der Waals surface area contributed by atoms with E-state index in [1.807, 2.05) is 23.1 Å². The first-order chi connectivity index (χ1) is 13.3. The number of quaternary nitrogens is 1. The molecule has 1 aliphatic rings. The van der Waals surface area contributed by atoms with Gasteiger partial charge in [0.2, 0.25) is 0 Å². The van der Waals surface area contributed by atoms with E-state index in [1.54, 1.807) is 24.3 Å². The number of hydrogen-bond donors (Lipinski definition) is 2. The van der Waals surface area contributed by atoms with Gasteiger partial charge in [0, 0.05) is 17.5 Å². The molecule has 148 valence electrons. The first-order valence-corrected chi connectivity index (χ1v) is 11.0. The molecule has 3 rings (SSSR count). The molecule has 2 aromatic carbocycles. The Hall–Kier alpha value is -2.71. The Labute approximate surface area is 164 Å². The number of rotatable bonds is 5. The second-order valence-corrected chi connectivity index (χ2v) is 8.95. The number of sulfone groups is 1. The number of piperazine rings is 1. The SMILES string of the molecule is CS(=O)(=O)c1cccc(NC(=O)C[NH+]2CCN(C(=O)c3ccccc3)CC2)c1. The molecule has 0 atom stereocenters. The molecule has 0 unspecified atom stereocenters. The third-order valence-corrected chi connectivity index (χ3v) is 5.85. The quantitative estimate of drug-likeness (QED) is 0.741. The molecule has 0 aromatic heterocycles. The van der Waals surface area contributed by atoms with Gasteiger partial charge in [-0.25, -0.2) is 8.42 Å². The van der Waals surface area contributed by atoms with Crippen LogP contribution in [0.25, 0.3) is 0 Å². The van der Waals surface area contributed by atoms with Crippen molar-refractivity contribution in [3.63, 3.8) is 0 Å². The van der Waals surface area contributed by atoms with E-state index in [9.17, 15) is 18.0 Å². The highest BCUT2D eigenvalue weighted by molar-refractivity contribution is 7.90. The van der Waals surface area contributed by atoms with Gasteiger partial charge in [0.15, 0.2) is 16.4 Å². The summed E-state index contributed by atoms with van der Waals surface area (Å²) in [6.45, 7) is 2.85. The Kier molecular flexibility index (Phi) is 6.11. The van der Waals surface area contributed by atoms with Gasteiger partial charge < -0.3 is 15.1 Å². The van der Waals surface area contributed by atoms with Crippen molar-refractivity contribution in [2.45, 2.75) is 4.90 Å². The van der Waals surface area contributed by atoms with Gasteiger partial charge in [-0.1, -0.05) is 24.3 Å². The number of benzene rings is 2. The predicted octanol–water partition coefficient (Wildman–Crippen LogP) is 0.0695. The molecule has 2 amide bonds. The highest BCUT2D eigenvalue weighted by Gasteiger charge is 2.25. The van der Waals surface area contributed by atoms with Gasteiger partial charge in [0.25, 0.3) is 11.8 Å². The summed E-state index contributed by atoms with van der Waals surface area (Å²) in [4.78, 5) is 27.9. The third-order valence-electron chi connectivity index (χ3n) is 4.74. The molecule has 1 saturated heterocycles. The molecule has 2 N–H and O–H groups in total. The van der Waals surface area contributed by atoms with Crippen LogP contribution in [0.1, 0.15) is 10.4 Å². The zero-order valence-electron chi connectivity index (χ0n) is 15.7. The van der Waals surface area contributed by atoms with Crippen molar-refractivity contribution < 1.29 is 22.9 Å². The zero-order valence-corrected chi connectivity index (χ0v) is 16.5. The van der Waals surface area contributed by atoms with E-state index >= 15 is 0 Å². The van der Waals surface area contributed by atoms with Gasteiger partial charge in [-0.15, -0.1) is 0 Å². The number of nitrogens with one attached hydrogen (secondary N) is 2. The lowest BCUT2D eigenvalue weighted by Gasteiger charge is -2.32. The van der Waals surface area contributed by atoms with Crippen LogP contribution in [0.4, 0.5) is 5.69 Å². The second-order valence-electron chi connectivity index (χ2n) is 6.93. The van der Waals surface area contributed by atoms with E-state index in [1.165, 1.54) is 12.1 Å². The summed E-state index contributed by atoms with van der Waals surface area (Å²) in [7, 11) is -3.32. The van der Waals surface area contributed by atoms with Gasteiger partial charge in [-0.2, -0.15) is 0 Å². The van der Waals surface area contributed by atoms with E-state index in [0.717, 1.165) is 11.2 Å². The minimum Gasteiger partial charge on any atom is -0.327 e. The fourth-order valence-electron chi connectivity index (χ4n) is 3.20. The van der Waals surface area contributed by atoms with Crippen LogP contribution in [0.15, 0.2) is 59.5 Å². The summed E-state index contributed by atoms with van der Waals surface area (Å²) in [6.07, 6.45) is 1.13. The first-order valence-electron chi connectivity index (χ1n) is 9.11. The van der Waals surface area contributed by atoms with E-state index in [-0.39, 0.29) is 23.3 Å². The van der Waals surface area contributed by atoms with Crippen LogP contribution in [0, 0.1) is 0 Å². The molecular weight excluding hydrogens is 378 g/mol. The van der Waals surface area contributed by atoms with Crippen molar-refractivity contribution in [1.82, 2.24) is 4.90 Å². The fourth-order valence-corrected chi connectivity index (χ4v) is 3.87. The van der Waals surface area contributed by atoms with Gasteiger partial charge in [-0.05, 0) is 30.3 Å². The molecule has 0 saturated carbocycles. The molecule has 28 heavy (non-hydrogen) atoms. The minimum absolute atomic E-state index is 0.0155. The van der Waals surface area contributed by atoms with Crippen LogP contribution in [0.2, 0.25) is 0 Å². The van der Waals surface area contributed by atoms with E-state index in [0.29, 0.717) is 37.4 Å². The number of carbonyl (C=O) groups is 2. The molecule has 1 fully saturated rings. The number of amides is 2. The molecule has 0 aliphatic carbocycles. The smallest absolute Gasteiger partial charge is 0.279 e. The van der Waals surface area contributed by atoms with Crippen LogP contribution >= 0.6 is 0 Å². The van der Waals surface area contributed by atoms with Gasteiger partial charge in [0.1, 0.15) is 0 Å². The molecule has 0 bridgehead atoms. The highest BCUT2D eigenvalue weighted by atomic mass is 32.2.